The van der Waals surface area contributed by atoms with Gasteiger partial charge in [0.25, 0.3) is 0 Å². The van der Waals surface area contributed by atoms with Crippen molar-refractivity contribution in [1.29, 1.82) is 0 Å². The molecule has 5 nitrogen and oxygen atoms in total. The predicted molar refractivity (Wildman–Crippen MR) is 87.8 cm³/mol. The Morgan fingerprint density at radius 2 is 2.29 bits per heavy atom. The van der Waals surface area contributed by atoms with Crippen molar-refractivity contribution in [2.24, 2.45) is 0 Å². The van der Waals surface area contributed by atoms with Crippen LogP contribution in [-0.2, 0) is 4.79 Å². The number of aryl methyl sites for hydroxylation is 1. The van der Waals surface area contributed by atoms with E-state index in [1.165, 1.54) is 0 Å². The number of amides is 1. The first-order chi connectivity index (χ1) is 10.1. The molecule has 6 heteroatoms. The average Bonchev–Trinajstić information content (AvgIpc) is 2.84. The van der Waals surface area contributed by atoms with Crippen molar-refractivity contribution in [2.75, 3.05) is 24.2 Å². The summed E-state index contributed by atoms with van der Waals surface area (Å²) in [5.74, 6) is 0.0589. The van der Waals surface area contributed by atoms with Crippen LogP contribution in [0.4, 0.5) is 11.4 Å². The van der Waals surface area contributed by atoms with Crippen molar-refractivity contribution >= 4 is 38.8 Å². The summed E-state index contributed by atoms with van der Waals surface area (Å²) in [7, 11) is 1.69. The highest BCUT2D eigenvalue weighted by atomic mass is 32.1. The zero-order chi connectivity index (χ0) is 15.0. The Balaban J connectivity index is 2.04. The van der Waals surface area contributed by atoms with Gasteiger partial charge in [-0.1, -0.05) is 0 Å². The number of fused-ring (bicyclic) bond motifs is 1. The second-order valence-corrected chi connectivity index (χ2v) is 6.67. The minimum atomic E-state index is -0.136. The Kier molecular flexibility index (Phi) is 3.71. The van der Waals surface area contributed by atoms with Crippen LogP contribution >= 0.6 is 11.3 Å². The van der Waals surface area contributed by atoms with Gasteiger partial charge < -0.3 is 16.0 Å². The first-order valence-electron chi connectivity index (χ1n) is 7.25. The Labute approximate surface area is 128 Å². The molecule has 3 N–H and O–H groups in total. The molecule has 1 unspecified atom stereocenters. The molecule has 1 fully saturated rings. The normalized spacial score (nSPS) is 19.0. The summed E-state index contributed by atoms with van der Waals surface area (Å²) in [4.78, 5) is 18.8. The van der Waals surface area contributed by atoms with E-state index in [1.54, 1.807) is 18.4 Å². The Morgan fingerprint density at radius 3 is 3.05 bits per heavy atom. The first kappa shape index (κ1) is 14.1. The topological polar surface area (TPSA) is 71.2 Å². The van der Waals surface area contributed by atoms with E-state index in [9.17, 15) is 4.79 Å². The lowest BCUT2D eigenvalue weighted by Gasteiger charge is -2.36. The van der Waals surface area contributed by atoms with E-state index >= 15 is 0 Å². The lowest BCUT2D eigenvalue weighted by atomic mass is 10.00. The van der Waals surface area contributed by atoms with Gasteiger partial charge in [0.1, 0.15) is 6.04 Å². The summed E-state index contributed by atoms with van der Waals surface area (Å²) < 4.78 is 1.10. The van der Waals surface area contributed by atoms with Crippen LogP contribution in [-0.4, -0.2) is 30.5 Å². The van der Waals surface area contributed by atoms with Gasteiger partial charge in [0.05, 0.1) is 26.6 Å². The highest BCUT2D eigenvalue weighted by molar-refractivity contribution is 7.18. The van der Waals surface area contributed by atoms with Crippen LogP contribution < -0.4 is 16.0 Å². The quantitative estimate of drug-likeness (QED) is 0.835. The molecule has 2 heterocycles. The number of nitrogens with zero attached hydrogens (tertiary/aromatic N) is 2. The number of hydrogen-bond acceptors (Lipinski definition) is 5. The Morgan fingerprint density at radius 1 is 1.48 bits per heavy atom. The van der Waals surface area contributed by atoms with Crippen LogP contribution in [0.2, 0.25) is 0 Å². The molecule has 0 aliphatic carbocycles. The molecule has 0 spiro atoms. The molecule has 1 aliphatic heterocycles. The maximum absolute atomic E-state index is 12.1. The number of hydrogen-bond donors (Lipinski definition) is 2. The summed E-state index contributed by atoms with van der Waals surface area (Å²) >= 11 is 1.64. The Bertz CT molecular complexity index is 682. The van der Waals surface area contributed by atoms with Gasteiger partial charge in [0.2, 0.25) is 5.91 Å². The van der Waals surface area contributed by atoms with Gasteiger partial charge in [0, 0.05) is 13.6 Å². The van der Waals surface area contributed by atoms with E-state index in [1.807, 2.05) is 19.1 Å². The summed E-state index contributed by atoms with van der Waals surface area (Å²) in [6.45, 7) is 2.85. The number of nitrogens with one attached hydrogen (secondary N) is 1. The summed E-state index contributed by atoms with van der Waals surface area (Å²) in [6.07, 6.45) is 3.03. The monoisotopic (exact) mass is 304 g/mol. The fraction of sp³-hybridized carbons (Fsp3) is 0.467. The first-order valence-corrected chi connectivity index (χ1v) is 8.06. The molecule has 2 aromatic rings. The number of thiazole rings is 1. The van der Waals surface area contributed by atoms with Gasteiger partial charge >= 0.3 is 0 Å². The molecular weight excluding hydrogens is 284 g/mol. The zero-order valence-corrected chi connectivity index (χ0v) is 13.2. The fourth-order valence-corrected chi connectivity index (χ4v) is 3.86. The third kappa shape index (κ3) is 2.55. The van der Waals surface area contributed by atoms with Gasteiger partial charge in [-0.2, -0.15) is 0 Å². The van der Waals surface area contributed by atoms with E-state index in [0.717, 1.165) is 52.4 Å². The molecule has 0 saturated carbocycles. The van der Waals surface area contributed by atoms with Crippen molar-refractivity contribution < 1.29 is 4.79 Å². The summed E-state index contributed by atoms with van der Waals surface area (Å²) in [5.41, 5.74) is 8.85. The van der Waals surface area contributed by atoms with E-state index in [-0.39, 0.29) is 11.9 Å². The van der Waals surface area contributed by atoms with Crippen molar-refractivity contribution in [2.45, 2.75) is 32.2 Å². The van der Waals surface area contributed by atoms with Crippen LogP contribution in [0.5, 0.6) is 0 Å². The van der Waals surface area contributed by atoms with Gasteiger partial charge in [-0.05, 0) is 38.3 Å². The molecule has 1 aromatic carbocycles. The third-order valence-electron chi connectivity index (χ3n) is 4.01. The molecule has 1 amide bonds. The standard InChI is InChI=1S/C15H20N4OS/c1-9-18-11-8-13(10(16)7-14(11)21-9)19-6-4-3-5-12(19)15(20)17-2/h7-8,12H,3-6,16H2,1-2H3,(H,17,20). The van der Waals surface area contributed by atoms with E-state index < -0.39 is 0 Å². The van der Waals surface area contributed by atoms with E-state index in [2.05, 4.69) is 15.2 Å². The second kappa shape index (κ2) is 5.52. The lowest BCUT2D eigenvalue weighted by Crippen LogP contribution is -2.49. The lowest BCUT2D eigenvalue weighted by molar-refractivity contribution is -0.122. The molecule has 1 saturated heterocycles. The predicted octanol–water partition coefficient (Wildman–Crippen LogP) is 2.29. The van der Waals surface area contributed by atoms with Crippen LogP contribution in [0.1, 0.15) is 24.3 Å². The number of carbonyl (C=O) groups is 1. The number of piperidine rings is 1. The van der Waals surface area contributed by atoms with Gasteiger partial charge in [-0.3, -0.25) is 4.79 Å². The van der Waals surface area contributed by atoms with Crippen molar-refractivity contribution in [3.8, 4) is 0 Å². The van der Waals surface area contributed by atoms with Crippen LogP contribution in [0.3, 0.4) is 0 Å². The van der Waals surface area contributed by atoms with Crippen molar-refractivity contribution in [3.63, 3.8) is 0 Å². The van der Waals surface area contributed by atoms with Crippen LogP contribution in [0, 0.1) is 6.92 Å². The highest BCUT2D eigenvalue weighted by Crippen LogP contribution is 2.35. The van der Waals surface area contributed by atoms with E-state index in [0.29, 0.717) is 0 Å². The third-order valence-corrected chi connectivity index (χ3v) is 4.94. The van der Waals surface area contributed by atoms with Crippen LogP contribution in [0.25, 0.3) is 10.2 Å². The number of likely N-dealkylation sites (N-methyl/N-ethyl adjacent to an activating group) is 1. The zero-order valence-electron chi connectivity index (χ0n) is 12.3. The molecule has 0 bridgehead atoms. The number of benzene rings is 1. The number of nitrogens with two attached hydrogens (primary N) is 1. The SMILES string of the molecule is CNC(=O)C1CCCCN1c1cc2nc(C)sc2cc1N. The molecule has 1 aromatic heterocycles. The summed E-state index contributed by atoms with van der Waals surface area (Å²) in [6, 6.07) is 3.86. The molecule has 1 aliphatic rings. The largest absolute Gasteiger partial charge is 0.397 e. The summed E-state index contributed by atoms with van der Waals surface area (Å²) in [5, 5.41) is 3.79. The molecule has 0 radical (unpaired) electrons. The maximum Gasteiger partial charge on any atom is 0.242 e. The molecule has 3 rings (SSSR count). The molecular formula is C15H20N4OS. The maximum atomic E-state index is 12.1. The second-order valence-electron chi connectivity index (χ2n) is 5.43. The number of rotatable bonds is 2. The fourth-order valence-electron chi connectivity index (χ4n) is 3.00. The minimum absolute atomic E-state index is 0.0589. The number of nitrogen functional groups attached to an aromatic ring is 1. The molecule has 21 heavy (non-hydrogen) atoms. The number of aromatic nitrogens is 1. The number of anilines is 2. The minimum Gasteiger partial charge on any atom is -0.397 e. The highest BCUT2D eigenvalue weighted by Gasteiger charge is 2.29. The number of carbonyl (C=O) groups excluding carboxylic acids is 1. The van der Waals surface area contributed by atoms with Gasteiger partial charge in [0.15, 0.2) is 0 Å². The van der Waals surface area contributed by atoms with Gasteiger partial charge in [-0.15, -0.1) is 11.3 Å². The van der Waals surface area contributed by atoms with E-state index in [4.69, 9.17) is 5.73 Å². The van der Waals surface area contributed by atoms with Crippen LogP contribution in [0.15, 0.2) is 12.1 Å². The van der Waals surface area contributed by atoms with Crippen molar-refractivity contribution in [1.82, 2.24) is 10.3 Å². The smallest absolute Gasteiger partial charge is 0.242 e. The van der Waals surface area contributed by atoms with Gasteiger partial charge in [-0.25, -0.2) is 4.98 Å². The average molecular weight is 304 g/mol. The Hall–Kier alpha value is -1.82. The molecule has 1 atom stereocenters. The molecule has 112 valence electrons. The van der Waals surface area contributed by atoms with Crippen molar-refractivity contribution in [3.05, 3.63) is 17.1 Å².